The fourth-order valence-electron chi connectivity index (χ4n) is 4.02. The van der Waals surface area contributed by atoms with Gasteiger partial charge in [0.15, 0.2) is 0 Å². The van der Waals surface area contributed by atoms with E-state index in [1.165, 1.54) is 12.8 Å². The van der Waals surface area contributed by atoms with Gasteiger partial charge in [-0.3, -0.25) is 0 Å². The third kappa shape index (κ3) is 1.55. The molecule has 0 heterocycles. The van der Waals surface area contributed by atoms with Crippen LogP contribution in [0.5, 0.6) is 0 Å². The first-order valence-electron chi connectivity index (χ1n) is 7.10. The summed E-state index contributed by atoms with van der Waals surface area (Å²) in [7, 11) is 0. The minimum atomic E-state index is 0.588. The van der Waals surface area contributed by atoms with Crippen LogP contribution in [0.1, 0.15) is 68.2 Å². The molecule has 1 nitrogen and oxygen atoms in total. The largest absolute Gasteiger partial charge is 0.310 e. The minimum absolute atomic E-state index is 0.588. The molecule has 1 aromatic rings. The van der Waals surface area contributed by atoms with Crippen molar-refractivity contribution in [3.8, 4) is 0 Å². The molecule has 0 amide bonds. The van der Waals surface area contributed by atoms with Gasteiger partial charge < -0.3 is 5.32 Å². The molecule has 2 aliphatic rings. The molecule has 0 saturated carbocycles. The summed E-state index contributed by atoms with van der Waals surface area (Å²) in [6.07, 6.45) is 2.75. The smallest absolute Gasteiger partial charge is 0.0354 e. The molecule has 0 saturated heterocycles. The summed E-state index contributed by atoms with van der Waals surface area (Å²) < 4.78 is 0. The van der Waals surface area contributed by atoms with Gasteiger partial charge in [-0.25, -0.2) is 0 Å². The average molecular weight is 229 g/mol. The third-order valence-corrected chi connectivity index (χ3v) is 4.91. The highest BCUT2D eigenvalue weighted by Gasteiger charge is 2.41. The van der Waals surface area contributed by atoms with Gasteiger partial charge in [-0.15, -0.1) is 0 Å². The summed E-state index contributed by atoms with van der Waals surface area (Å²) in [4.78, 5) is 0. The molecular formula is C16H23N. The van der Waals surface area contributed by atoms with Gasteiger partial charge in [0.1, 0.15) is 0 Å². The van der Waals surface area contributed by atoms with Crippen molar-refractivity contribution in [2.45, 2.75) is 51.5 Å². The lowest BCUT2D eigenvalue weighted by atomic mass is 9.76. The second kappa shape index (κ2) is 4.13. The van der Waals surface area contributed by atoms with Crippen LogP contribution in [0.4, 0.5) is 0 Å². The molecule has 1 N–H and O–H groups in total. The Hall–Kier alpha value is -0.820. The molecule has 4 atom stereocenters. The lowest BCUT2D eigenvalue weighted by molar-refractivity contribution is 0.343. The molecule has 0 bridgehead atoms. The van der Waals surface area contributed by atoms with E-state index in [0.29, 0.717) is 6.04 Å². The van der Waals surface area contributed by atoms with Crippen molar-refractivity contribution in [1.82, 2.24) is 5.32 Å². The van der Waals surface area contributed by atoms with Crippen LogP contribution in [0, 0.1) is 5.92 Å². The van der Waals surface area contributed by atoms with E-state index in [9.17, 15) is 0 Å². The Labute approximate surface area is 105 Å². The second-order valence-corrected chi connectivity index (χ2v) is 5.83. The molecule has 0 aromatic heterocycles. The predicted molar refractivity (Wildman–Crippen MR) is 72.4 cm³/mol. The number of rotatable bonds is 2. The van der Waals surface area contributed by atoms with Gasteiger partial charge in [0, 0.05) is 6.04 Å². The minimum Gasteiger partial charge on any atom is -0.310 e. The van der Waals surface area contributed by atoms with Crippen LogP contribution < -0.4 is 5.32 Å². The first-order valence-corrected chi connectivity index (χ1v) is 7.10. The molecular weight excluding hydrogens is 206 g/mol. The summed E-state index contributed by atoms with van der Waals surface area (Å²) in [5.41, 5.74) is 4.92. The topological polar surface area (TPSA) is 12.0 Å². The van der Waals surface area contributed by atoms with Crippen molar-refractivity contribution in [2.24, 2.45) is 5.92 Å². The number of hydrogen-bond acceptors (Lipinski definition) is 1. The van der Waals surface area contributed by atoms with Crippen molar-refractivity contribution in [1.29, 1.82) is 0 Å². The molecule has 92 valence electrons. The van der Waals surface area contributed by atoms with Gasteiger partial charge in [0.25, 0.3) is 0 Å². The Kier molecular flexibility index (Phi) is 2.74. The average Bonchev–Trinajstić information content (AvgIpc) is 2.61. The molecule has 0 radical (unpaired) electrons. The molecule has 1 aromatic carbocycles. The summed E-state index contributed by atoms with van der Waals surface area (Å²) in [6.45, 7) is 8.10. The van der Waals surface area contributed by atoms with Crippen LogP contribution >= 0.6 is 0 Å². The molecule has 2 aliphatic carbocycles. The highest BCUT2D eigenvalue weighted by molar-refractivity contribution is 5.47. The van der Waals surface area contributed by atoms with E-state index in [1.54, 1.807) is 16.7 Å². The van der Waals surface area contributed by atoms with E-state index in [-0.39, 0.29) is 0 Å². The summed E-state index contributed by atoms with van der Waals surface area (Å²) in [5.74, 6) is 2.33. The maximum Gasteiger partial charge on any atom is 0.0354 e. The summed E-state index contributed by atoms with van der Waals surface area (Å²) >= 11 is 0. The Morgan fingerprint density at radius 2 is 1.94 bits per heavy atom. The van der Waals surface area contributed by atoms with E-state index >= 15 is 0 Å². The van der Waals surface area contributed by atoms with E-state index in [1.807, 2.05) is 0 Å². The van der Waals surface area contributed by atoms with Gasteiger partial charge >= 0.3 is 0 Å². The molecule has 3 rings (SSSR count). The monoisotopic (exact) mass is 229 g/mol. The van der Waals surface area contributed by atoms with Gasteiger partial charge in [0.05, 0.1) is 0 Å². The van der Waals surface area contributed by atoms with Crippen molar-refractivity contribution >= 4 is 0 Å². The van der Waals surface area contributed by atoms with Crippen LogP contribution in [0.25, 0.3) is 0 Å². The van der Waals surface area contributed by atoms with Crippen LogP contribution in [0.2, 0.25) is 0 Å². The Morgan fingerprint density at radius 3 is 2.71 bits per heavy atom. The number of nitrogens with one attached hydrogen (secondary N) is 1. The molecule has 0 fully saturated rings. The van der Waals surface area contributed by atoms with E-state index < -0.39 is 0 Å². The van der Waals surface area contributed by atoms with Crippen LogP contribution in [-0.4, -0.2) is 6.54 Å². The molecule has 1 heteroatoms. The molecule has 0 aliphatic heterocycles. The summed E-state index contributed by atoms with van der Waals surface area (Å²) in [5, 5.41) is 3.68. The Morgan fingerprint density at radius 1 is 1.18 bits per heavy atom. The second-order valence-electron chi connectivity index (χ2n) is 5.83. The van der Waals surface area contributed by atoms with E-state index in [0.717, 1.165) is 24.3 Å². The van der Waals surface area contributed by atoms with Gasteiger partial charge in [-0.1, -0.05) is 39.0 Å². The van der Waals surface area contributed by atoms with Crippen molar-refractivity contribution < 1.29 is 0 Å². The van der Waals surface area contributed by atoms with Gasteiger partial charge in [-0.2, -0.15) is 0 Å². The zero-order valence-electron chi connectivity index (χ0n) is 11.2. The van der Waals surface area contributed by atoms with E-state index in [2.05, 4.69) is 44.3 Å². The van der Waals surface area contributed by atoms with Crippen LogP contribution in [0.3, 0.4) is 0 Å². The zero-order valence-corrected chi connectivity index (χ0v) is 11.2. The van der Waals surface area contributed by atoms with Crippen LogP contribution in [0.15, 0.2) is 18.2 Å². The molecule has 0 spiro atoms. The first-order chi connectivity index (χ1) is 8.24. The van der Waals surface area contributed by atoms with Gasteiger partial charge in [-0.05, 0) is 53.8 Å². The quantitative estimate of drug-likeness (QED) is 0.809. The lowest BCUT2D eigenvalue weighted by Crippen LogP contribution is -2.24. The maximum absolute atomic E-state index is 3.68. The van der Waals surface area contributed by atoms with Crippen LogP contribution in [-0.2, 0) is 0 Å². The highest BCUT2D eigenvalue weighted by Crippen LogP contribution is 2.53. The predicted octanol–water partition coefficient (Wildman–Crippen LogP) is 3.97. The number of benzene rings is 1. The molecule has 17 heavy (non-hydrogen) atoms. The van der Waals surface area contributed by atoms with Crippen molar-refractivity contribution in [3.05, 3.63) is 34.9 Å². The maximum atomic E-state index is 3.68. The highest BCUT2D eigenvalue weighted by atomic mass is 14.9. The Balaban J connectivity index is 2.11. The Bertz CT molecular complexity index is 424. The first kappa shape index (κ1) is 11.3. The lowest BCUT2D eigenvalue weighted by Gasteiger charge is -2.29. The fraction of sp³-hybridized carbons (Fsp3) is 0.625. The fourth-order valence-corrected chi connectivity index (χ4v) is 4.02. The standard InChI is InChI=1S/C16H23N/c1-4-17-16-11(3)13-9-8-10(2)12-6-5-7-14(16)15(12)13/h5-7,10-11,13,16-17H,4,8-9H2,1-3H3. The van der Waals surface area contributed by atoms with Crippen molar-refractivity contribution in [3.63, 3.8) is 0 Å². The molecule has 4 unspecified atom stereocenters. The number of hydrogen-bond donors (Lipinski definition) is 1. The zero-order chi connectivity index (χ0) is 12.0. The third-order valence-electron chi connectivity index (χ3n) is 4.91. The SMILES string of the molecule is CCNC1c2cccc3c2C(CCC3C)C1C. The van der Waals surface area contributed by atoms with Gasteiger partial charge in [0.2, 0.25) is 0 Å². The van der Waals surface area contributed by atoms with E-state index in [4.69, 9.17) is 0 Å². The normalized spacial score (nSPS) is 34.8. The van der Waals surface area contributed by atoms with Crippen molar-refractivity contribution in [2.75, 3.05) is 6.54 Å². The summed E-state index contributed by atoms with van der Waals surface area (Å²) in [6, 6.07) is 7.55.